The first-order valence-corrected chi connectivity index (χ1v) is 9.62. The van der Waals surface area contributed by atoms with E-state index in [0.29, 0.717) is 30.2 Å². The van der Waals surface area contributed by atoms with Crippen molar-refractivity contribution < 1.29 is 14.1 Å². The first kappa shape index (κ1) is 19.4. The Labute approximate surface area is 174 Å². The van der Waals surface area contributed by atoms with E-state index >= 15 is 0 Å². The average Bonchev–Trinajstić information content (AvgIpc) is 3.19. The molecular weight excluding hydrogens is 378 g/mol. The maximum absolute atomic E-state index is 12.8. The molecule has 6 heteroatoms. The van der Waals surface area contributed by atoms with E-state index in [1.807, 2.05) is 72.8 Å². The molecule has 6 nitrogen and oxygen atoms in total. The maximum Gasteiger partial charge on any atom is 0.257 e. The molecule has 2 heterocycles. The summed E-state index contributed by atoms with van der Waals surface area (Å²) in [4.78, 5) is 17.0. The van der Waals surface area contributed by atoms with Crippen LogP contribution in [0.4, 0.5) is 0 Å². The molecule has 4 rings (SSSR count). The average molecular weight is 399 g/mol. The first-order chi connectivity index (χ1) is 14.7. The SMILES string of the molecule is Cc1onc(-c2ccccc2)c1C(=O)NCc1ccc(OCc2ccccn2)cc1. The number of pyridine rings is 1. The van der Waals surface area contributed by atoms with E-state index in [1.54, 1.807) is 13.1 Å². The smallest absolute Gasteiger partial charge is 0.257 e. The minimum atomic E-state index is -0.219. The highest BCUT2D eigenvalue weighted by Gasteiger charge is 2.21. The molecule has 30 heavy (non-hydrogen) atoms. The molecule has 4 aromatic rings. The number of nitrogens with zero attached hydrogens (tertiary/aromatic N) is 2. The fourth-order valence-corrected chi connectivity index (χ4v) is 3.05. The maximum atomic E-state index is 12.8. The lowest BCUT2D eigenvalue weighted by molar-refractivity contribution is 0.0950. The number of amides is 1. The molecule has 0 saturated heterocycles. The molecule has 0 spiro atoms. The molecule has 150 valence electrons. The minimum absolute atomic E-state index is 0.219. The summed E-state index contributed by atoms with van der Waals surface area (Å²) in [7, 11) is 0. The zero-order chi connectivity index (χ0) is 20.8. The van der Waals surface area contributed by atoms with E-state index < -0.39 is 0 Å². The topological polar surface area (TPSA) is 77.2 Å². The molecule has 0 aliphatic carbocycles. The standard InChI is InChI=1S/C24H21N3O3/c1-17-22(23(27-30-17)19-7-3-2-4-8-19)24(28)26-15-18-10-12-21(13-11-18)29-16-20-9-5-6-14-25-20/h2-14H,15-16H2,1H3,(H,26,28). The Hall–Kier alpha value is -3.93. The second-order valence-electron chi connectivity index (χ2n) is 6.76. The van der Waals surface area contributed by atoms with Gasteiger partial charge in [-0.25, -0.2) is 0 Å². The van der Waals surface area contributed by atoms with Crippen molar-refractivity contribution in [1.82, 2.24) is 15.5 Å². The lowest BCUT2D eigenvalue weighted by Gasteiger charge is -2.08. The Morgan fingerprint density at radius 3 is 2.50 bits per heavy atom. The molecule has 1 amide bonds. The van der Waals surface area contributed by atoms with Crippen molar-refractivity contribution in [3.63, 3.8) is 0 Å². The molecule has 0 fully saturated rings. The predicted molar refractivity (Wildman–Crippen MR) is 113 cm³/mol. The summed E-state index contributed by atoms with van der Waals surface area (Å²) in [6, 6.07) is 22.8. The summed E-state index contributed by atoms with van der Waals surface area (Å²) in [6.45, 7) is 2.53. The van der Waals surface area contributed by atoms with Gasteiger partial charge in [-0.2, -0.15) is 0 Å². The number of rotatable bonds is 7. The van der Waals surface area contributed by atoms with Gasteiger partial charge in [-0.15, -0.1) is 0 Å². The van der Waals surface area contributed by atoms with Gasteiger partial charge in [0.05, 0.1) is 5.69 Å². The number of benzene rings is 2. The number of aryl methyl sites for hydroxylation is 1. The Kier molecular flexibility index (Phi) is 5.85. The highest BCUT2D eigenvalue weighted by molar-refractivity contribution is 6.00. The van der Waals surface area contributed by atoms with Gasteiger partial charge in [0.2, 0.25) is 0 Å². The Morgan fingerprint density at radius 1 is 1.00 bits per heavy atom. The van der Waals surface area contributed by atoms with Crippen molar-refractivity contribution in [2.24, 2.45) is 0 Å². The summed E-state index contributed by atoms with van der Waals surface area (Å²) >= 11 is 0. The van der Waals surface area contributed by atoms with Gasteiger partial charge in [-0.1, -0.05) is 53.7 Å². The fraction of sp³-hybridized carbons (Fsp3) is 0.125. The van der Waals surface area contributed by atoms with Crippen molar-refractivity contribution in [3.05, 3.63) is 102 Å². The van der Waals surface area contributed by atoms with E-state index in [2.05, 4.69) is 15.5 Å². The van der Waals surface area contributed by atoms with Gasteiger partial charge >= 0.3 is 0 Å². The third kappa shape index (κ3) is 4.55. The number of ether oxygens (including phenoxy) is 1. The fourth-order valence-electron chi connectivity index (χ4n) is 3.05. The predicted octanol–water partition coefficient (Wildman–Crippen LogP) is 4.55. The molecule has 0 aliphatic rings. The molecule has 2 aromatic carbocycles. The van der Waals surface area contributed by atoms with Crippen LogP contribution in [0.1, 0.15) is 27.4 Å². The van der Waals surface area contributed by atoms with Gasteiger partial charge in [0, 0.05) is 18.3 Å². The Morgan fingerprint density at radius 2 is 1.77 bits per heavy atom. The highest BCUT2D eigenvalue weighted by atomic mass is 16.5. The van der Waals surface area contributed by atoms with E-state index in [9.17, 15) is 4.79 Å². The quantitative estimate of drug-likeness (QED) is 0.493. The van der Waals surface area contributed by atoms with Gasteiger partial charge in [-0.05, 0) is 36.8 Å². The number of aromatic nitrogens is 2. The van der Waals surface area contributed by atoms with Gasteiger partial charge in [0.25, 0.3) is 5.91 Å². The number of carbonyl (C=O) groups is 1. The molecule has 0 bridgehead atoms. The monoisotopic (exact) mass is 399 g/mol. The second-order valence-corrected chi connectivity index (χ2v) is 6.76. The Balaban J connectivity index is 1.37. The molecular formula is C24H21N3O3. The van der Waals surface area contributed by atoms with Crippen LogP contribution in [0.25, 0.3) is 11.3 Å². The number of carbonyl (C=O) groups excluding carboxylic acids is 1. The first-order valence-electron chi connectivity index (χ1n) is 9.62. The zero-order valence-corrected chi connectivity index (χ0v) is 16.5. The minimum Gasteiger partial charge on any atom is -0.487 e. The van der Waals surface area contributed by atoms with Crippen LogP contribution in [0.3, 0.4) is 0 Å². The third-order valence-electron chi connectivity index (χ3n) is 4.63. The summed E-state index contributed by atoms with van der Waals surface area (Å²) < 4.78 is 11.0. The van der Waals surface area contributed by atoms with Crippen LogP contribution >= 0.6 is 0 Å². The molecule has 0 unspecified atom stereocenters. The molecule has 0 atom stereocenters. The van der Waals surface area contributed by atoms with E-state index in [0.717, 1.165) is 22.6 Å². The molecule has 2 aromatic heterocycles. The van der Waals surface area contributed by atoms with Crippen molar-refractivity contribution >= 4 is 5.91 Å². The van der Waals surface area contributed by atoms with Gasteiger partial charge in [0.15, 0.2) is 0 Å². The van der Waals surface area contributed by atoms with Crippen LogP contribution in [0.2, 0.25) is 0 Å². The molecule has 0 radical (unpaired) electrons. The van der Waals surface area contributed by atoms with Crippen LogP contribution in [-0.2, 0) is 13.2 Å². The van der Waals surface area contributed by atoms with E-state index in [-0.39, 0.29) is 5.91 Å². The number of hydrogen-bond donors (Lipinski definition) is 1. The summed E-state index contributed by atoms with van der Waals surface area (Å²) in [5.41, 5.74) is 3.67. The van der Waals surface area contributed by atoms with Crippen molar-refractivity contribution in [1.29, 1.82) is 0 Å². The van der Waals surface area contributed by atoms with Crippen molar-refractivity contribution in [2.45, 2.75) is 20.1 Å². The van der Waals surface area contributed by atoms with E-state index in [4.69, 9.17) is 9.26 Å². The van der Waals surface area contributed by atoms with Crippen LogP contribution in [0, 0.1) is 6.92 Å². The van der Waals surface area contributed by atoms with Crippen LogP contribution < -0.4 is 10.1 Å². The third-order valence-corrected chi connectivity index (χ3v) is 4.63. The molecule has 0 aliphatic heterocycles. The zero-order valence-electron chi connectivity index (χ0n) is 16.5. The Bertz CT molecular complexity index is 1110. The largest absolute Gasteiger partial charge is 0.487 e. The molecule has 0 saturated carbocycles. The second kappa shape index (κ2) is 9.05. The number of nitrogens with one attached hydrogen (secondary N) is 1. The van der Waals surface area contributed by atoms with Crippen molar-refractivity contribution in [3.8, 4) is 17.0 Å². The number of hydrogen-bond acceptors (Lipinski definition) is 5. The van der Waals surface area contributed by atoms with E-state index in [1.165, 1.54) is 0 Å². The van der Waals surface area contributed by atoms with Crippen molar-refractivity contribution in [2.75, 3.05) is 0 Å². The van der Waals surface area contributed by atoms with Gasteiger partial charge < -0.3 is 14.6 Å². The van der Waals surface area contributed by atoms with Crippen LogP contribution in [0.5, 0.6) is 5.75 Å². The van der Waals surface area contributed by atoms with Gasteiger partial charge in [-0.3, -0.25) is 9.78 Å². The van der Waals surface area contributed by atoms with Gasteiger partial charge in [0.1, 0.15) is 29.4 Å². The summed E-state index contributed by atoms with van der Waals surface area (Å²) in [5, 5.41) is 7.00. The van der Waals surface area contributed by atoms with Crippen LogP contribution in [-0.4, -0.2) is 16.0 Å². The lowest BCUT2D eigenvalue weighted by atomic mass is 10.1. The normalized spacial score (nSPS) is 10.6. The summed E-state index contributed by atoms with van der Waals surface area (Å²) in [6.07, 6.45) is 1.74. The highest BCUT2D eigenvalue weighted by Crippen LogP contribution is 2.25. The lowest BCUT2D eigenvalue weighted by Crippen LogP contribution is -2.23. The summed E-state index contributed by atoms with van der Waals surface area (Å²) in [5.74, 6) is 1.02. The molecule has 1 N–H and O–H groups in total. The van der Waals surface area contributed by atoms with Crippen LogP contribution in [0.15, 0.2) is 83.5 Å².